The summed E-state index contributed by atoms with van der Waals surface area (Å²) in [4.78, 5) is 20.6. The maximum Gasteiger partial charge on any atom is 0.292 e. The number of nitrogens with zero attached hydrogens (tertiary/aromatic N) is 5. The highest BCUT2D eigenvalue weighted by Crippen LogP contribution is 2.16. The molecule has 0 spiro atoms. The lowest BCUT2D eigenvalue weighted by Gasteiger charge is -2.26. The molecule has 3 rings (SSSR count). The first-order valence-electron chi connectivity index (χ1n) is 6.53. The van der Waals surface area contributed by atoms with E-state index >= 15 is 0 Å². The Kier molecular flexibility index (Phi) is 3.27. The number of aromatic nitrogens is 3. The van der Waals surface area contributed by atoms with Gasteiger partial charge in [-0.25, -0.2) is 4.98 Å². The molecular weight excluding hydrogens is 258 g/mol. The highest BCUT2D eigenvalue weighted by Gasteiger charge is 2.25. The van der Waals surface area contributed by atoms with Crippen LogP contribution in [0.15, 0.2) is 23.0 Å². The predicted octanol–water partition coefficient (Wildman–Crippen LogP) is 0.589. The van der Waals surface area contributed by atoms with Gasteiger partial charge in [-0.15, -0.1) is 0 Å². The Balaban J connectivity index is 1.75. The predicted molar refractivity (Wildman–Crippen MR) is 70.9 cm³/mol. The SMILES string of the molecule is CN(C)Cc1cn2c(n1)CN(C(=O)c1ccno1)CC2. The van der Waals surface area contributed by atoms with Crippen molar-refractivity contribution in [3.05, 3.63) is 35.7 Å². The van der Waals surface area contributed by atoms with Crippen molar-refractivity contribution in [2.75, 3.05) is 20.6 Å². The van der Waals surface area contributed by atoms with Crippen molar-refractivity contribution in [3.63, 3.8) is 0 Å². The number of carbonyl (C=O) groups is 1. The van der Waals surface area contributed by atoms with Gasteiger partial charge >= 0.3 is 0 Å². The van der Waals surface area contributed by atoms with E-state index in [4.69, 9.17) is 4.52 Å². The van der Waals surface area contributed by atoms with Gasteiger partial charge in [-0.1, -0.05) is 5.16 Å². The number of amides is 1. The number of carbonyl (C=O) groups excluding carboxylic acids is 1. The second-order valence-electron chi connectivity index (χ2n) is 5.18. The molecule has 7 nitrogen and oxygen atoms in total. The molecule has 0 saturated carbocycles. The number of imidazole rings is 1. The highest BCUT2D eigenvalue weighted by molar-refractivity contribution is 5.91. The van der Waals surface area contributed by atoms with Crippen LogP contribution in [0.2, 0.25) is 0 Å². The van der Waals surface area contributed by atoms with Crippen LogP contribution in [0.25, 0.3) is 0 Å². The van der Waals surface area contributed by atoms with Gasteiger partial charge in [0.15, 0.2) is 0 Å². The van der Waals surface area contributed by atoms with Gasteiger partial charge in [0.05, 0.1) is 18.4 Å². The summed E-state index contributed by atoms with van der Waals surface area (Å²) in [5.41, 5.74) is 1.03. The number of rotatable bonds is 3. The maximum atomic E-state index is 12.2. The first kappa shape index (κ1) is 12.9. The number of fused-ring (bicyclic) bond motifs is 1. The molecule has 1 amide bonds. The van der Waals surface area contributed by atoms with Crippen LogP contribution in [0.1, 0.15) is 22.1 Å². The molecule has 0 aromatic carbocycles. The largest absolute Gasteiger partial charge is 0.351 e. The van der Waals surface area contributed by atoms with Crippen LogP contribution in [0, 0.1) is 0 Å². The smallest absolute Gasteiger partial charge is 0.292 e. The Morgan fingerprint density at radius 1 is 1.45 bits per heavy atom. The minimum absolute atomic E-state index is 0.133. The van der Waals surface area contributed by atoms with E-state index in [9.17, 15) is 4.79 Å². The second kappa shape index (κ2) is 5.09. The van der Waals surface area contributed by atoms with E-state index in [0.717, 1.165) is 24.6 Å². The zero-order valence-corrected chi connectivity index (χ0v) is 11.6. The molecule has 0 atom stereocenters. The molecule has 7 heteroatoms. The number of hydrogen-bond acceptors (Lipinski definition) is 5. The fraction of sp³-hybridized carbons (Fsp3) is 0.462. The normalized spacial score (nSPS) is 14.7. The lowest BCUT2D eigenvalue weighted by atomic mass is 10.3. The van der Waals surface area contributed by atoms with E-state index in [0.29, 0.717) is 13.1 Å². The Hall–Kier alpha value is -2.15. The summed E-state index contributed by atoms with van der Waals surface area (Å²) in [7, 11) is 4.02. The van der Waals surface area contributed by atoms with Gasteiger partial charge in [0.1, 0.15) is 5.82 Å². The van der Waals surface area contributed by atoms with E-state index in [1.807, 2.05) is 14.1 Å². The summed E-state index contributed by atoms with van der Waals surface area (Å²) in [5, 5.41) is 3.57. The average Bonchev–Trinajstić information content (AvgIpc) is 3.04. The third kappa shape index (κ3) is 2.44. The first-order chi connectivity index (χ1) is 9.63. The molecule has 0 fully saturated rings. The molecule has 1 aliphatic rings. The molecule has 0 unspecified atom stereocenters. The van der Waals surface area contributed by atoms with Gasteiger partial charge in [-0.05, 0) is 14.1 Å². The molecule has 0 bridgehead atoms. The van der Waals surface area contributed by atoms with Gasteiger partial charge in [-0.3, -0.25) is 4.79 Å². The summed E-state index contributed by atoms with van der Waals surface area (Å²) >= 11 is 0. The standard InChI is InChI=1S/C13H17N5O2/c1-16(2)7-10-8-17-5-6-18(9-12(17)15-10)13(19)11-3-4-14-20-11/h3-4,8H,5-7,9H2,1-2H3. The van der Waals surface area contributed by atoms with Crippen molar-refractivity contribution in [1.82, 2.24) is 24.5 Å². The Morgan fingerprint density at radius 3 is 3.00 bits per heavy atom. The quantitative estimate of drug-likeness (QED) is 0.820. The summed E-state index contributed by atoms with van der Waals surface area (Å²) in [5.74, 6) is 1.06. The third-order valence-electron chi connectivity index (χ3n) is 3.27. The zero-order chi connectivity index (χ0) is 14.1. The zero-order valence-electron chi connectivity index (χ0n) is 11.6. The van der Waals surface area contributed by atoms with Gasteiger partial charge < -0.3 is 18.9 Å². The van der Waals surface area contributed by atoms with Gasteiger partial charge in [0.2, 0.25) is 5.76 Å². The lowest BCUT2D eigenvalue weighted by Crippen LogP contribution is -2.38. The summed E-state index contributed by atoms with van der Waals surface area (Å²) < 4.78 is 7.03. The molecule has 0 aliphatic carbocycles. The van der Waals surface area contributed by atoms with Crippen LogP contribution in [0.3, 0.4) is 0 Å². The van der Waals surface area contributed by atoms with Crippen molar-refractivity contribution in [2.45, 2.75) is 19.6 Å². The van der Waals surface area contributed by atoms with Crippen LogP contribution in [-0.2, 0) is 19.6 Å². The third-order valence-corrected chi connectivity index (χ3v) is 3.27. The fourth-order valence-electron chi connectivity index (χ4n) is 2.37. The van der Waals surface area contributed by atoms with Crippen molar-refractivity contribution >= 4 is 5.91 Å². The molecule has 3 heterocycles. The molecule has 106 valence electrons. The molecule has 1 aliphatic heterocycles. The van der Waals surface area contributed by atoms with Crippen LogP contribution < -0.4 is 0 Å². The van der Waals surface area contributed by atoms with Gasteiger partial charge in [0.25, 0.3) is 5.91 Å². The van der Waals surface area contributed by atoms with E-state index in [-0.39, 0.29) is 11.7 Å². The summed E-state index contributed by atoms with van der Waals surface area (Å²) in [6.07, 6.45) is 3.54. The molecule has 2 aromatic heterocycles. The van der Waals surface area contributed by atoms with Crippen molar-refractivity contribution in [3.8, 4) is 0 Å². The number of hydrogen-bond donors (Lipinski definition) is 0. The van der Waals surface area contributed by atoms with E-state index in [1.54, 1.807) is 11.0 Å². The molecule has 0 radical (unpaired) electrons. The van der Waals surface area contributed by atoms with Crippen molar-refractivity contribution < 1.29 is 9.32 Å². The molecule has 0 saturated heterocycles. The highest BCUT2D eigenvalue weighted by atomic mass is 16.5. The second-order valence-corrected chi connectivity index (χ2v) is 5.18. The Morgan fingerprint density at radius 2 is 2.30 bits per heavy atom. The van der Waals surface area contributed by atoms with Gasteiger partial charge in [-0.2, -0.15) is 0 Å². The molecule has 2 aromatic rings. The average molecular weight is 275 g/mol. The first-order valence-corrected chi connectivity index (χ1v) is 6.53. The molecule has 0 N–H and O–H groups in total. The Bertz CT molecular complexity index is 602. The van der Waals surface area contributed by atoms with Crippen molar-refractivity contribution in [1.29, 1.82) is 0 Å². The molecular formula is C13H17N5O2. The van der Waals surface area contributed by atoms with E-state index in [2.05, 4.69) is 25.8 Å². The van der Waals surface area contributed by atoms with Crippen LogP contribution >= 0.6 is 0 Å². The van der Waals surface area contributed by atoms with Crippen molar-refractivity contribution in [2.24, 2.45) is 0 Å². The maximum absolute atomic E-state index is 12.2. The Labute approximate surface area is 116 Å². The van der Waals surface area contributed by atoms with E-state index in [1.165, 1.54) is 6.20 Å². The van der Waals surface area contributed by atoms with E-state index < -0.39 is 0 Å². The van der Waals surface area contributed by atoms with Gasteiger partial charge in [0, 0.05) is 31.9 Å². The summed E-state index contributed by atoms with van der Waals surface area (Å²) in [6.45, 7) is 2.73. The van der Waals surface area contributed by atoms with Crippen LogP contribution in [0.4, 0.5) is 0 Å². The summed E-state index contributed by atoms with van der Waals surface area (Å²) in [6, 6.07) is 1.58. The monoisotopic (exact) mass is 275 g/mol. The topological polar surface area (TPSA) is 67.4 Å². The fourth-order valence-corrected chi connectivity index (χ4v) is 2.37. The van der Waals surface area contributed by atoms with Crippen LogP contribution in [0.5, 0.6) is 0 Å². The van der Waals surface area contributed by atoms with Crippen LogP contribution in [-0.4, -0.2) is 51.1 Å². The minimum atomic E-state index is -0.133. The minimum Gasteiger partial charge on any atom is -0.351 e. The molecule has 20 heavy (non-hydrogen) atoms. The lowest BCUT2D eigenvalue weighted by molar-refractivity contribution is 0.0665.